The van der Waals surface area contributed by atoms with Crippen LogP contribution in [0.3, 0.4) is 0 Å². The fourth-order valence-electron chi connectivity index (χ4n) is 1.70. The maximum atomic E-state index is 11.2. The number of hydrogen-bond donors (Lipinski definition) is 1. The van der Waals surface area contributed by atoms with Crippen molar-refractivity contribution in [2.24, 2.45) is 11.3 Å². The quantitative estimate of drug-likeness (QED) is 0.764. The van der Waals surface area contributed by atoms with Crippen molar-refractivity contribution < 1.29 is 9.53 Å². The van der Waals surface area contributed by atoms with E-state index >= 15 is 0 Å². The van der Waals surface area contributed by atoms with Crippen LogP contribution in [0.15, 0.2) is 0 Å². The first-order valence-corrected chi connectivity index (χ1v) is 5.49. The first kappa shape index (κ1) is 12.3. The minimum Gasteiger partial charge on any atom is -0.447 e. The molecule has 88 valence electrons. The normalized spacial score (nSPS) is 23.9. The molecule has 15 heavy (non-hydrogen) atoms. The zero-order chi connectivity index (χ0) is 11.6. The second-order valence-corrected chi connectivity index (χ2v) is 5.71. The molecule has 0 saturated carbocycles. The summed E-state index contributed by atoms with van der Waals surface area (Å²) in [6, 6.07) is 0.266. The highest BCUT2D eigenvalue weighted by molar-refractivity contribution is 5.67. The highest BCUT2D eigenvalue weighted by Gasteiger charge is 2.32. The summed E-state index contributed by atoms with van der Waals surface area (Å²) < 4.78 is 5.00. The van der Waals surface area contributed by atoms with Gasteiger partial charge in [-0.1, -0.05) is 34.6 Å². The molecule has 0 aromatic rings. The molecule has 4 nitrogen and oxygen atoms in total. The molecule has 0 aromatic heterocycles. The third-order valence-corrected chi connectivity index (χ3v) is 2.43. The molecule has 1 amide bonds. The van der Waals surface area contributed by atoms with Gasteiger partial charge in [-0.3, -0.25) is 5.43 Å². The van der Waals surface area contributed by atoms with Gasteiger partial charge in [-0.15, -0.1) is 0 Å². The van der Waals surface area contributed by atoms with E-state index in [9.17, 15) is 4.79 Å². The molecule has 0 unspecified atom stereocenters. The minimum absolute atomic E-state index is 0.164. The van der Waals surface area contributed by atoms with E-state index in [1.807, 2.05) is 5.01 Å². The topological polar surface area (TPSA) is 41.6 Å². The van der Waals surface area contributed by atoms with Crippen molar-refractivity contribution >= 4 is 6.09 Å². The summed E-state index contributed by atoms with van der Waals surface area (Å²) in [5, 5.41) is 2.01. The first-order valence-electron chi connectivity index (χ1n) is 5.49. The zero-order valence-electron chi connectivity index (χ0n) is 10.3. The number of hydrogen-bond acceptors (Lipinski definition) is 3. The highest BCUT2D eigenvalue weighted by atomic mass is 16.6. The molecule has 0 radical (unpaired) electrons. The lowest BCUT2D eigenvalue weighted by molar-refractivity contribution is -0.0250. The third-order valence-electron chi connectivity index (χ3n) is 2.43. The van der Waals surface area contributed by atoms with Gasteiger partial charge in [0, 0.05) is 6.54 Å². The number of nitrogens with one attached hydrogen (secondary N) is 1. The SMILES string of the molecule is CC(C)[C@H]1COC(=O)NN1CC(C)(C)C. The van der Waals surface area contributed by atoms with Crippen LogP contribution in [-0.2, 0) is 4.74 Å². The highest BCUT2D eigenvalue weighted by Crippen LogP contribution is 2.20. The number of carbonyl (C=O) groups is 1. The summed E-state index contributed by atoms with van der Waals surface area (Å²) in [6.45, 7) is 12.1. The summed E-state index contributed by atoms with van der Waals surface area (Å²) in [6.07, 6.45) is -0.337. The van der Waals surface area contributed by atoms with Crippen molar-refractivity contribution in [3.63, 3.8) is 0 Å². The standard InChI is InChI=1S/C11H22N2O2/c1-8(2)9-6-15-10(14)12-13(9)7-11(3,4)5/h8-9H,6-7H2,1-5H3,(H,12,14)/t9-/m1/s1. The number of ether oxygens (including phenoxy) is 1. The van der Waals surface area contributed by atoms with Gasteiger partial charge in [-0.25, -0.2) is 9.80 Å². The predicted molar refractivity (Wildman–Crippen MR) is 59.3 cm³/mol. The Morgan fingerprint density at radius 3 is 2.60 bits per heavy atom. The Morgan fingerprint density at radius 2 is 2.13 bits per heavy atom. The molecule has 1 fully saturated rings. The second-order valence-electron chi connectivity index (χ2n) is 5.71. The molecular formula is C11H22N2O2. The number of rotatable bonds is 2. The average Bonchev–Trinajstić information content (AvgIpc) is 1.99. The smallest absolute Gasteiger partial charge is 0.421 e. The third kappa shape index (κ3) is 3.70. The van der Waals surface area contributed by atoms with Crippen molar-refractivity contribution in [3.05, 3.63) is 0 Å². The Kier molecular flexibility index (Phi) is 3.60. The van der Waals surface area contributed by atoms with Crippen LogP contribution in [-0.4, -0.2) is 30.3 Å². The van der Waals surface area contributed by atoms with Crippen molar-refractivity contribution in [3.8, 4) is 0 Å². The second kappa shape index (κ2) is 4.39. The molecule has 1 rings (SSSR count). The van der Waals surface area contributed by atoms with Crippen LogP contribution < -0.4 is 5.43 Å². The molecule has 1 saturated heterocycles. The number of hydrazine groups is 1. The van der Waals surface area contributed by atoms with Crippen molar-refractivity contribution in [2.45, 2.75) is 40.7 Å². The monoisotopic (exact) mass is 214 g/mol. The maximum Gasteiger partial charge on any atom is 0.421 e. The Labute approximate surface area is 91.9 Å². The van der Waals surface area contributed by atoms with Crippen LogP contribution in [0.2, 0.25) is 0 Å². The van der Waals surface area contributed by atoms with Gasteiger partial charge in [0.15, 0.2) is 0 Å². The molecule has 1 aliphatic heterocycles. The van der Waals surface area contributed by atoms with Gasteiger partial charge >= 0.3 is 6.09 Å². The summed E-state index contributed by atoms with van der Waals surface area (Å²) >= 11 is 0. The number of amides is 1. The van der Waals surface area contributed by atoms with E-state index in [1.165, 1.54) is 0 Å². The number of carbonyl (C=O) groups excluding carboxylic acids is 1. The molecule has 1 N–H and O–H groups in total. The van der Waals surface area contributed by atoms with Gasteiger partial charge in [0.1, 0.15) is 6.61 Å². The molecule has 0 bridgehead atoms. The number of nitrogens with zero attached hydrogens (tertiary/aromatic N) is 1. The summed E-state index contributed by atoms with van der Waals surface area (Å²) in [5.41, 5.74) is 2.94. The van der Waals surface area contributed by atoms with Crippen LogP contribution in [0.1, 0.15) is 34.6 Å². The molecule has 1 atom stereocenters. The summed E-state index contributed by atoms with van der Waals surface area (Å²) in [7, 11) is 0. The van der Waals surface area contributed by atoms with E-state index in [2.05, 4.69) is 40.0 Å². The van der Waals surface area contributed by atoms with Gasteiger partial charge in [0.2, 0.25) is 0 Å². The van der Waals surface area contributed by atoms with Gasteiger partial charge in [0.25, 0.3) is 0 Å². The van der Waals surface area contributed by atoms with Gasteiger partial charge in [-0.2, -0.15) is 0 Å². The van der Waals surface area contributed by atoms with E-state index in [0.717, 1.165) is 6.54 Å². The van der Waals surface area contributed by atoms with E-state index in [4.69, 9.17) is 4.74 Å². The first-order chi connectivity index (χ1) is 6.79. The molecule has 1 aliphatic rings. The predicted octanol–water partition coefficient (Wildman–Crippen LogP) is 2.01. The average molecular weight is 214 g/mol. The lowest BCUT2D eigenvalue weighted by atomic mass is 9.94. The Hall–Kier alpha value is -0.770. The van der Waals surface area contributed by atoms with Crippen LogP contribution in [0, 0.1) is 11.3 Å². The minimum atomic E-state index is -0.337. The van der Waals surface area contributed by atoms with Gasteiger partial charge < -0.3 is 4.74 Å². The lowest BCUT2D eigenvalue weighted by Crippen LogP contribution is -2.59. The fraction of sp³-hybridized carbons (Fsp3) is 0.909. The van der Waals surface area contributed by atoms with Crippen LogP contribution >= 0.6 is 0 Å². The van der Waals surface area contributed by atoms with E-state index < -0.39 is 0 Å². The lowest BCUT2D eigenvalue weighted by Gasteiger charge is -2.40. The van der Waals surface area contributed by atoms with E-state index in [1.54, 1.807) is 0 Å². The molecule has 1 heterocycles. The summed E-state index contributed by atoms with van der Waals surface area (Å²) in [5.74, 6) is 0.466. The zero-order valence-corrected chi connectivity index (χ0v) is 10.3. The summed E-state index contributed by atoms with van der Waals surface area (Å²) in [4.78, 5) is 11.2. The maximum absolute atomic E-state index is 11.2. The van der Waals surface area contributed by atoms with E-state index in [0.29, 0.717) is 12.5 Å². The molecule has 0 spiro atoms. The van der Waals surface area contributed by atoms with Gasteiger partial charge in [-0.05, 0) is 11.3 Å². The van der Waals surface area contributed by atoms with Crippen LogP contribution in [0.4, 0.5) is 4.79 Å². The number of cyclic esters (lactones) is 1. The molecule has 0 aliphatic carbocycles. The van der Waals surface area contributed by atoms with Gasteiger partial charge in [0.05, 0.1) is 6.04 Å². The van der Waals surface area contributed by atoms with Crippen molar-refractivity contribution in [1.82, 2.24) is 10.4 Å². The van der Waals surface area contributed by atoms with E-state index in [-0.39, 0.29) is 17.6 Å². The molecular weight excluding hydrogens is 192 g/mol. The van der Waals surface area contributed by atoms with Crippen molar-refractivity contribution in [1.29, 1.82) is 0 Å². The van der Waals surface area contributed by atoms with Crippen LogP contribution in [0.25, 0.3) is 0 Å². The molecule has 0 aromatic carbocycles. The Bertz CT molecular complexity index is 233. The van der Waals surface area contributed by atoms with Crippen LogP contribution in [0.5, 0.6) is 0 Å². The van der Waals surface area contributed by atoms with Crippen molar-refractivity contribution in [2.75, 3.05) is 13.2 Å². The Balaban J connectivity index is 2.66. The largest absolute Gasteiger partial charge is 0.447 e. The Morgan fingerprint density at radius 1 is 1.53 bits per heavy atom. The molecule has 4 heteroatoms. The fourth-order valence-corrected chi connectivity index (χ4v) is 1.70.